The third-order valence-electron chi connectivity index (χ3n) is 6.26. The highest BCUT2D eigenvalue weighted by molar-refractivity contribution is 5.85. The lowest BCUT2D eigenvalue weighted by Gasteiger charge is -2.36. The Kier molecular flexibility index (Phi) is 23.4. The van der Waals surface area contributed by atoms with Crippen molar-refractivity contribution in [3.05, 3.63) is 0 Å². The standard InChI is InChI=1S/C24H48N4O2.2ClH/c1-2-3-4-5-6-7-8-9-10-11-17-23(29)28-19-13-12-15-21(28)20-27-24(30)22(26)16-14-18-25;;/h21-22H,2-20,25-26H2,1H3,(H,27,30);2*1H. The molecule has 32 heavy (non-hydrogen) atoms. The summed E-state index contributed by atoms with van der Waals surface area (Å²) in [6.45, 7) is 4.13. The lowest BCUT2D eigenvalue weighted by Crippen LogP contribution is -2.51. The number of carbonyl (C=O) groups excluding carboxylic acids is 2. The van der Waals surface area contributed by atoms with Gasteiger partial charge in [-0.3, -0.25) is 9.59 Å². The number of piperidine rings is 1. The Bertz CT molecular complexity index is 469. The first-order valence-corrected chi connectivity index (χ1v) is 12.6. The summed E-state index contributed by atoms with van der Waals surface area (Å²) in [4.78, 5) is 26.9. The molecule has 0 aromatic carbocycles. The van der Waals surface area contributed by atoms with Crippen LogP contribution in [-0.2, 0) is 9.59 Å². The minimum Gasteiger partial charge on any atom is -0.353 e. The Morgan fingerprint density at radius 3 is 2.12 bits per heavy atom. The highest BCUT2D eigenvalue weighted by Gasteiger charge is 2.27. The average molecular weight is 498 g/mol. The van der Waals surface area contributed by atoms with Gasteiger partial charge in [0.1, 0.15) is 0 Å². The van der Waals surface area contributed by atoms with E-state index < -0.39 is 6.04 Å². The summed E-state index contributed by atoms with van der Waals surface area (Å²) >= 11 is 0. The van der Waals surface area contributed by atoms with Gasteiger partial charge < -0.3 is 21.7 Å². The fourth-order valence-corrected chi connectivity index (χ4v) is 4.27. The molecule has 5 N–H and O–H groups in total. The fourth-order valence-electron chi connectivity index (χ4n) is 4.27. The van der Waals surface area contributed by atoms with Crippen molar-refractivity contribution < 1.29 is 9.59 Å². The number of nitrogens with zero attached hydrogens (tertiary/aromatic N) is 1. The average Bonchev–Trinajstić information content (AvgIpc) is 2.77. The zero-order chi connectivity index (χ0) is 22.0. The topological polar surface area (TPSA) is 101 Å². The minimum absolute atomic E-state index is 0. The molecule has 1 saturated heterocycles. The van der Waals surface area contributed by atoms with E-state index >= 15 is 0 Å². The van der Waals surface area contributed by atoms with Gasteiger partial charge >= 0.3 is 0 Å². The van der Waals surface area contributed by atoms with Crippen molar-refractivity contribution in [2.24, 2.45) is 11.5 Å². The maximum Gasteiger partial charge on any atom is 0.236 e. The van der Waals surface area contributed by atoms with Crippen LogP contribution in [0.15, 0.2) is 0 Å². The molecule has 0 aliphatic carbocycles. The van der Waals surface area contributed by atoms with Crippen molar-refractivity contribution in [3.63, 3.8) is 0 Å². The quantitative estimate of drug-likeness (QED) is 0.254. The highest BCUT2D eigenvalue weighted by Crippen LogP contribution is 2.19. The van der Waals surface area contributed by atoms with Crippen LogP contribution in [0.1, 0.15) is 110 Å². The predicted octanol–water partition coefficient (Wildman–Crippen LogP) is 4.70. The zero-order valence-corrected chi connectivity index (χ0v) is 22.0. The van der Waals surface area contributed by atoms with Crippen molar-refractivity contribution in [3.8, 4) is 0 Å². The van der Waals surface area contributed by atoms with Crippen molar-refractivity contribution in [1.82, 2.24) is 10.2 Å². The SMILES string of the molecule is CCCCCCCCCCCCC(=O)N1CCCCC1CNC(=O)C(N)CCCN.Cl.Cl. The number of nitrogens with one attached hydrogen (secondary N) is 1. The fraction of sp³-hybridized carbons (Fsp3) is 0.917. The highest BCUT2D eigenvalue weighted by atomic mass is 35.5. The van der Waals surface area contributed by atoms with Crippen LogP contribution < -0.4 is 16.8 Å². The molecule has 0 aromatic rings. The van der Waals surface area contributed by atoms with Crippen LogP contribution in [-0.4, -0.2) is 48.4 Å². The van der Waals surface area contributed by atoms with Gasteiger partial charge in [0.15, 0.2) is 0 Å². The molecule has 1 fully saturated rings. The van der Waals surface area contributed by atoms with Crippen molar-refractivity contribution in [1.29, 1.82) is 0 Å². The van der Waals surface area contributed by atoms with Crippen LogP contribution in [0.4, 0.5) is 0 Å². The smallest absolute Gasteiger partial charge is 0.236 e. The molecule has 0 aromatic heterocycles. The predicted molar refractivity (Wildman–Crippen MR) is 140 cm³/mol. The van der Waals surface area contributed by atoms with Gasteiger partial charge in [0, 0.05) is 25.6 Å². The maximum atomic E-state index is 12.7. The molecule has 0 radical (unpaired) electrons. The molecule has 0 saturated carbocycles. The molecule has 1 aliphatic heterocycles. The summed E-state index contributed by atoms with van der Waals surface area (Å²) in [5.41, 5.74) is 11.4. The summed E-state index contributed by atoms with van der Waals surface area (Å²) < 4.78 is 0. The second-order valence-electron chi connectivity index (χ2n) is 8.95. The monoisotopic (exact) mass is 496 g/mol. The van der Waals surface area contributed by atoms with E-state index in [-0.39, 0.29) is 42.7 Å². The Morgan fingerprint density at radius 2 is 1.53 bits per heavy atom. The van der Waals surface area contributed by atoms with Crippen LogP contribution in [0.3, 0.4) is 0 Å². The number of hydrogen-bond donors (Lipinski definition) is 3. The van der Waals surface area contributed by atoms with E-state index in [0.29, 0.717) is 25.9 Å². The summed E-state index contributed by atoms with van der Waals surface area (Å²) in [5, 5.41) is 2.96. The molecule has 2 unspecified atom stereocenters. The third kappa shape index (κ3) is 15.3. The van der Waals surface area contributed by atoms with Crippen LogP contribution in [0.2, 0.25) is 0 Å². The normalized spacial score (nSPS) is 16.6. The van der Waals surface area contributed by atoms with Crippen LogP contribution in [0.25, 0.3) is 0 Å². The molecule has 0 spiro atoms. The first kappa shape index (κ1) is 33.6. The largest absolute Gasteiger partial charge is 0.353 e. The molecular formula is C24H50Cl2N4O2. The van der Waals surface area contributed by atoms with E-state index in [4.69, 9.17) is 11.5 Å². The molecule has 1 heterocycles. The Balaban J connectivity index is 0. The lowest BCUT2D eigenvalue weighted by molar-refractivity contribution is -0.135. The molecule has 6 nitrogen and oxygen atoms in total. The van der Waals surface area contributed by atoms with Gasteiger partial charge in [0.2, 0.25) is 11.8 Å². The number of nitrogens with two attached hydrogens (primary N) is 2. The Hall–Kier alpha value is -0.560. The number of unbranched alkanes of at least 4 members (excludes halogenated alkanes) is 9. The second-order valence-corrected chi connectivity index (χ2v) is 8.95. The van der Waals surface area contributed by atoms with Crippen molar-refractivity contribution in [2.75, 3.05) is 19.6 Å². The number of hydrogen-bond acceptors (Lipinski definition) is 4. The molecule has 1 rings (SSSR count). The number of amides is 2. The number of rotatable bonds is 17. The van der Waals surface area contributed by atoms with Crippen LogP contribution in [0.5, 0.6) is 0 Å². The summed E-state index contributed by atoms with van der Waals surface area (Å²) in [6, 6.07) is -0.395. The molecule has 1 aliphatic rings. The summed E-state index contributed by atoms with van der Waals surface area (Å²) in [7, 11) is 0. The molecule has 2 amide bonds. The van der Waals surface area contributed by atoms with E-state index in [1.165, 1.54) is 51.4 Å². The first-order valence-electron chi connectivity index (χ1n) is 12.6. The van der Waals surface area contributed by atoms with Crippen LogP contribution >= 0.6 is 24.8 Å². The van der Waals surface area contributed by atoms with E-state index in [0.717, 1.165) is 45.1 Å². The van der Waals surface area contributed by atoms with Crippen molar-refractivity contribution in [2.45, 2.75) is 122 Å². The zero-order valence-electron chi connectivity index (χ0n) is 20.3. The number of halogens is 2. The third-order valence-corrected chi connectivity index (χ3v) is 6.26. The van der Waals surface area contributed by atoms with Gasteiger partial charge in [0.25, 0.3) is 0 Å². The molecular weight excluding hydrogens is 447 g/mol. The second kappa shape index (κ2) is 22.2. The summed E-state index contributed by atoms with van der Waals surface area (Å²) in [6.07, 6.45) is 17.9. The van der Waals surface area contributed by atoms with Crippen LogP contribution in [0, 0.1) is 0 Å². The number of likely N-dealkylation sites (tertiary alicyclic amines) is 1. The Morgan fingerprint density at radius 1 is 0.938 bits per heavy atom. The molecule has 192 valence electrons. The van der Waals surface area contributed by atoms with Crippen molar-refractivity contribution >= 4 is 36.6 Å². The molecule has 2 atom stereocenters. The molecule has 0 bridgehead atoms. The molecule has 8 heteroatoms. The number of carbonyl (C=O) groups is 2. The van der Waals surface area contributed by atoms with Gasteiger partial charge in [-0.15, -0.1) is 24.8 Å². The van der Waals surface area contributed by atoms with Gasteiger partial charge in [-0.05, 0) is 45.1 Å². The minimum atomic E-state index is -0.507. The Labute approximate surface area is 209 Å². The summed E-state index contributed by atoms with van der Waals surface area (Å²) in [5.74, 6) is 0.122. The van der Waals surface area contributed by atoms with E-state index in [1.807, 2.05) is 4.90 Å². The first-order chi connectivity index (χ1) is 14.6. The van der Waals surface area contributed by atoms with Gasteiger partial charge in [-0.1, -0.05) is 64.7 Å². The van der Waals surface area contributed by atoms with Gasteiger partial charge in [0.05, 0.1) is 6.04 Å². The van der Waals surface area contributed by atoms with Gasteiger partial charge in [-0.25, -0.2) is 0 Å². The van der Waals surface area contributed by atoms with E-state index in [2.05, 4.69) is 12.2 Å². The lowest BCUT2D eigenvalue weighted by atomic mass is 10.0. The van der Waals surface area contributed by atoms with Gasteiger partial charge in [-0.2, -0.15) is 0 Å². The van der Waals surface area contributed by atoms with E-state index in [9.17, 15) is 9.59 Å². The van der Waals surface area contributed by atoms with E-state index in [1.54, 1.807) is 0 Å². The maximum absolute atomic E-state index is 12.7.